The standard InChI is InChI=1S/C11H16FNO/c1-3-9(14)7-13-10-6-4-5-8(2)11(10)12/h4-6,9,13-14H,3,7H2,1-2H3/t9-/m1/s1. The van der Waals surface area contributed by atoms with Crippen LogP contribution in [-0.4, -0.2) is 17.8 Å². The number of aliphatic hydroxyl groups excluding tert-OH is 1. The van der Waals surface area contributed by atoms with Crippen LogP contribution in [0.1, 0.15) is 18.9 Å². The molecule has 0 aliphatic heterocycles. The number of halogens is 1. The number of rotatable bonds is 4. The van der Waals surface area contributed by atoms with Crippen LogP contribution in [0.25, 0.3) is 0 Å². The van der Waals surface area contributed by atoms with Gasteiger partial charge in [0.25, 0.3) is 0 Å². The summed E-state index contributed by atoms with van der Waals surface area (Å²) < 4.78 is 13.4. The molecule has 1 aromatic carbocycles. The first kappa shape index (κ1) is 11.0. The molecule has 1 rings (SSSR count). The second-order valence-corrected chi connectivity index (χ2v) is 3.38. The Balaban J connectivity index is 2.63. The molecule has 0 bridgehead atoms. The third-order valence-electron chi connectivity index (χ3n) is 2.19. The summed E-state index contributed by atoms with van der Waals surface area (Å²) in [6.07, 6.45) is 0.246. The highest BCUT2D eigenvalue weighted by Crippen LogP contribution is 2.16. The van der Waals surface area contributed by atoms with Crippen molar-refractivity contribution < 1.29 is 9.50 Å². The number of hydrogen-bond acceptors (Lipinski definition) is 2. The van der Waals surface area contributed by atoms with Gasteiger partial charge < -0.3 is 10.4 Å². The van der Waals surface area contributed by atoms with Gasteiger partial charge in [0, 0.05) is 6.54 Å². The minimum Gasteiger partial charge on any atom is -0.391 e. The molecule has 1 aromatic rings. The Labute approximate surface area is 83.8 Å². The molecule has 0 saturated carbocycles. The van der Waals surface area contributed by atoms with Gasteiger partial charge in [-0.3, -0.25) is 0 Å². The van der Waals surface area contributed by atoms with Crippen LogP contribution in [0.5, 0.6) is 0 Å². The van der Waals surface area contributed by atoms with E-state index in [0.29, 0.717) is 24.2 Å². The maximum absolute atomic E-state index is 13.4. The van der Waals surface area contributed by atoms with Crippen LogP contribution < -0.4 is 5.32 Å². The maximum Gasteiger partial charge on any atom is 0.149 e. The van der Waals surface area contributed by atoms with Gasteiger partial charge in [-0.05, 0) is 25.0 Å². The second-order valence-electron chi connectivity index (χ2n) is 3.38. The van der Waals surface area contributed by atoms with Crippen LogP contribution in [0.15, 0.2) is 18.2 Å². The van der Waals surface area contributed by atoms with Crippen LogP contribution in [0, 0.1) is 12.7 Å². The molecule has 0 fully saturated rings. The fourth-order valence-electron chi connectivity index (χ4n) is 1.16. The molecule has 0 saturated heterocycles. The van der Waals surface area contributed by atoms with Gasteiger partial charge in [0.2, 0.25) is 0 Å². The van der Waals surface area contributed by atoms with E-state index in [9.17, 15) is 9.50 Å². The highest BCUT2D eigenvalue weighted by atomic mass is 19.1. The SMILES string of the molecule is CC[C@@H](O)CNc1cccc(C)c1F. The van der Waals surface area contributed by atoms with Crippen molar-refractivity contribution in [1.82, 2.24) is 0 Å². The van der Waals surface area contributed by atoms with Gasteiger partial charge in [-0.2, -0.15) is 0 Å². The number of anilines is 1. The van der Waals surface area contributed by atoms with Crippen LogP contribution in [0.2, 0.25) is 0 Å². The van der Waals surface area contributed by atoms with E-state index < -0.39 is 6.10 Å². The summed E-state index contributed by atoms with van der Waals surface area (Å²) in [6, 6.07) is 5.18. The van der Waals surface area contributed by atoms with Crippen LogP contribution >= 0.6 is 0 Å². The lowest BCUT2D eigenvalue weighted by Gasteiger charge is -2.12. The largest absolute Gasteiger partial charge is 0.391 e. The predicted octanol–water partition coefficient (Wildman–Crippen LogP) is 2.32. The monoisotopic (exact) mass is 197 g/mol. The molecule has 3 heteroatoms. The number of benzene rings is 1. The van der Waals surface area contributed by atoms with Crippen LogP contribution in [0.3, 0.4) is 0 Å². The molecule has 0 aliphatic rings. The number of aliphatic hydroxyl groups is 1. The number of nitrogens with one attached hydrogen (secondary N) is 1. The van der Waals surface area contributed by atoms with E-state index in [2.05, 4.69) is 5.32 Å². The Morgan fingerprint density at radius 3 is 2.86 bits per heavy atom. The van der Waals surface area contributed by atoms with Crippen molar-refractivity contribution in [2.75, 3.05) is 11.9 Å². The molecule has 78 valence electrons. The summed E-state index contributed by atoms with van der Waals surface area (Å²) in [5.74, 6) is -0.240. The van der Waals surface area contributed by atoms with Crippen molar-refractivity contribution in [3.63, 3.8) is 0 Å². The minimum absolute atomic E-state index is 0.240. The molecule has 14 heavy (non-hydrogen) atoms. The fourth-order valence-corrected chi connectivity index (χ4v) is 1.16. The van der Waals surface area contributed by atoms with Gasteiger partial charge in [-0.1, -0.05) is 19.1 Å². The summed E-state index contributed by atoms with van der Waals surface area (Å²) in [5, 5.41) is 12.2. The molecular weight excluding hydrogens is 181 g/mol. The topological polar surface area (TPSA) is 32.3 Å². The van der Waals surface area contributed by atoms with Crippen molar-refractivity contribution in [3.8, 4) is 0 Å². The third kappa shape index (κ3) is 2.70. The Bertz CT molecular complexity index is 301. The van der Waals surface area contributed by atoms with Gasteiger partial charge in [0.05, 0.1) is 11.8 Å². The molecule has 0 unspecified atom stereocenters. The fraction of sp³-hybridized carbons (Fsp3) is 0.455. The molecule has 0 aliphatic carbocycles. The number of hydrogen-bond donors (Lipinski definition) is 2. The van der Waals surface area contributed by atoms with Crippen molar-refractivity contribution in [1.29, 1.82) is 0 Å². The molecule has 2 N–H and O–H groups in total. The predicted molar refractivity (Wildman–Crippen MR) is 55.9 cm³/mol. The number of aryl methyl sites for hydroxylation is 1. The van der Waals surface area contributed by atoms with Gasteiger partial charge in [0.15, 0.2) is 0 Å². The van der Waals surface area contributed by atoms with Gasteiger partial charge in [-0.25, -0.2) is 4.39 Å². The maximum atomic E-state index is 13.4. The van der Waals surface area contributed by atoms with E-state index in [4.69, 9.17) is 0 Å². The lowest BCUT2D eigenvalue weighted by atomic mass is 10.2. The summed E-state index contributed by atoms with van der Waals surface area (Å²) in [5.41, 5.74) is 1.07. The zero-order valence-corrected chi connectivity index (χ0v) is 8.55. The highest BCUT2D eigenvalue weighted by molar-refractivity contribution is 5.47. The summed E-state index contributed by atoms with van der Waals surface area (Å²) >= 11 is 0. The van der Waals surface area contributed by atoms with Gasteiger partial charge in [-0.15, -0.1) is 0 Å². The van der Waals surface area contributed by atoms with Crippen LogP contribution in [0.4, 0.5) is 10.1 Å². The molecule has 0 radical (unpaired) electrons. The van der Waals surface area contributed by atoms with Gasteiger partial charge >= 0.3 is 0 Å². The van der Waals surface area contributed by atoms with Crippen LogP contribution in [-0.2, 0) is 0 Å². The van der Waals surface area contributed by atoms with Crippen molar-refractivity contribution in [2.24, 2.45) is 0 Å². The quantitative estimate of drug-likeness (QED) is 0.776. The lowest BCUT2D eigenvalue weighted by molar-refractivity contribution is 0.183. The average Bonchev–Trinajstić information content (AvgIpc) is 2.20. The Morgan fingerprint density at radius 1 is 1.50 bits per heavy atom. The van der Waals surface area contributed by atoms with Crippen molar-refractivity contribution in [3.05, 3.63) is 29.6 Å². The van der Waals surface area contributed by atoms with Crippen molar-refractivity contribution >= 4 is 5.69 Å². The van der Waals surface area contributed by atoms with E-state index in [-0.39, 0.29) is 5.82 Å². The Morgan fingerprint density at radius 2 is 2.21 bits per heavy atom. The molecular formula is C11H16FNO. The minimum atomic E-state index is -0.421. The molecule has 2 nitrogen and oxygen atoms in total. The van der Waals surface area contributed by atoms with E-state index in [0.717, 1.165) is 0 Å². The van der Waals surface area contributed by atoms with E-state index in [1.54, 1.807) is 25.1 Å². The van der Waals surface area contributed by atoms with E-state index in [1.807, 2.05) is 6.92 Å². The summed E-state index contributed by atoms with van der Waals surface area (Å²) in [7, 11) is 0. The first-order valence-electron chi connectivity index (χ1n) is 4.82. The molecule has 0 aromatic heterocycles. The molecule has 0 heterocycles. The van der Waals surface area contributed by atoms with E-state index >= 15 is 0 Å². The smallest absolute Gasteiger partial charge is 0.149 e. The normalized spacial score (nSPS) is 12.6. The Hall–Kier alpha value is -1.09. The average molecular weight is 197 g/mol. The summed E-state index contributed by atoms with van der Waals surface area (Å²) in [6.45, 7) is 3.99. The first-order chi connectivity index (χ1) is 6.65. The zero-order chi connectivity index (χ0) is 10.6. The second kappa shape index (κ2) is 4.96. The molecule has 1 atom stereocenters. The Kier molecular flexibility index (Phi) is 3.89. The van der Waals surface area contributed by atoms with E-state index in [1.165, 1.54) is 0 Å². The zero-order valence-electron chi connectivity index (χ0n) is 8.55. The third-order valence-corrected chi connectivity index (χ3v) is 2.19. The highest BCUT2D eigenvalue weighted by Gasteiger charge is 2.05. The first-order valence-corrected chi connectivity index (χ1v) is 4.82. The summed E-state index contributed by atoms with van der Waals surface area (Å²) in [4.78, 5) is 0. The lowest BCUT2D eigenvalue weighted by Crippen LogP contribution is -2.18. The van der Waals surface area contributed by atoms with Crippen molar-refractivity contribution in [2.45, 2.75) is 26.4 Å². The van der Waals surface area contributed by atoms with Gasteiger partial charge in [0.1, 0.15) is 5.82 Å². The molecule has 0 spiro atoms. The molecule has 0 amide bonds.